The van der Waals surface area contributed by atoms with E-state index in [0.717, 1.165) is 0 Å². The first-order chi connectivity index (χ1) is 16.9. The summed E-state index contributed by atoms with van der Waals surface area (Å²) in [5.41, 5.74) is 0. The molecule has 36 heavy (non-hydrogen) atoms. The highest BCUT2D eigenvalue weighted by atomic mass is 16.4. The molecule has 5 unspecified atom stereocenters. The largest absolute Gasteiger partial charge is 0.480 e. The summed E-state index contributed by atoms with van der Waals surface area (Å²) in [4.78, 5) is 62.2. The average molecular weight is 508 g/mol. The van der Waals surface area contributed by atoms with Gasteiger partial charge in [0.25, 0.3) is 0 Å². The molecule has 6 N–H and O–H groups in total. The summed E-state index contributed by atoms with van der Waals surface area (Å²) < 4.78 is 0. The monoisotopic (exact) mass is 507 g/mol. The third kappa shape index (κ3) is 10.1. The SMILES string of the molecule is CCC(C)C(NC(=O)NC(C(=O)O)C(C)C)C(=O)NC1/C=C\CCNC(=O)/C=C\C(C(C)C)NC1=O. The van der Waals surface area contributed by atoms with Crippen LogP contribution >= 0.6 is 0 Å². The van der Waals surface area contributed by atoms with E-state index in [0.29, 0.717) is 19.4 Å². The minimum Gasteiger partial charge on any atom is -0.480 e. The van der Waals surface area contributed by atoms with Crippen molar-refractivity contribution in [2.24, 2.45) is 17.8 Å². The van der Waals surface area contributed by atoms with E-state index in [1.807, 2.05) is 20.8 Å². The van der Waals surface area contributed by atoms with Crippen molar-refractivity contribution < 1.29 is 29.1 Å². The van der Waals surface area contributed by atoms with Crippen molar-refractivity contribution in [3.63, 3.8) is 0 Å². The van der Waals surface area contributed by atoms with Gasteiger partial charge in [-0.2, -0.15) is 0 Å². The van der Waals surface area contributed by atoms with Crippen molar-refractivity contribution >= 4 is 29.7 Å². The van der Waals surface area contributed by atoms with Gasteiger partial charge in [-0.15, -0.1) is 0 Å². The van der Waals surface area contributed by atoms with Crippen LogP contribution in [-0.2, 0) is 19.2 Å². The molecule has 11 nitrogen and oxygen atoms in total. The van der Waals surface area contributed by atoms with Gasteiger partial charge in [-0.3, -0.25) is 14.4 Å². The third-order valence-electron chi connectivity index (χ3n) is 6.00. The third-order valence-corrected chi connectivity index (χ3v) is 6.00. The van der Waals surface area contributed by atoms with Gasteiger partial charge in [0.2, 0.25) is 17.7 Å². The van der Waals surface area contributed by atoms with E-state index in [9.17, 15) is 29.1 Å². The van der Waals surface area contributed by atoms with Crippen LogP contribution in [0.1, 0.15) is 54.4 Å². The summed E-state index contributed by atoms with van der Waals surface area (Å²) in [6.07, 6.45) is 7.25. The van der Waals surface area contributed by atoms with Crippen molar-refractivity contribution in [3.05, 3.63) is 24.3 Å². The zero-order chi connectivity index (χ0) is 27.4. The summed E-state index contributed by atoms with van der Waals surface area (Å²) in [5, 5.41) is 22.6. The van der Waals surface area contributed by atoms with Crippen LogP contribution in [0.25, 0.3) is 0 Å². The Hall–Kier alpha value is -3.37. The zero-order valence-corrected chi connectivity index (χ0v) is 22.0. The van der Waals surface area contributed by atoms with Gasteiger partial charge in [-0.05, 0) is 24.2 Å². The second-order valence-corrected chi connectivity index (χ2v) is 9.67. The van der Waals surface area contributed by atoms with E-state index in [1.54, 1.807) is 39.0 Å². The number of hydrogen-bond acceptors (Lipinski definition) is 5. The van der Waals surface area contributed by atoms with Crippen LogP contribution < -0.4 is 26.6 Å². The number of carbonyl (C=O) groups excluding carboxylic acids is 4. The van der Waals surface area contributed by atoms with Gasteiger partial charge in [-0.25, -0.2) is 9.59 Å². The maximum atomic E-state index is 13.2. The zero-order valence-electron chi connectivity index (χ0n) is 22.0. The molecule has 5 atom stereocenters. The van der Waals surface area contributed by atoms with E-state index in [2.05, 4.69) is 26.6 Å². The summed E-state index contributed by atoms with van der Waals surface area (Å²) in [5.74, 6) is -3.12. The molecule has 0 aromatic rings. The number of carbonyl (C=O) groups is 5. The Labute approximate surface area is 212 Å². The molecule has 0 aromatic heterocycles. The lowest BCUT2D eigenvalue weighted by molar-refractivity contribution is -0.140. The van der Waals surface area contributed by atoms with Crippen LogP contribution in [0.15, 0.2) is 24.3 Å². The Morgan fingerprint density at radius 3 is 2.25 bits per heavy atom. The second kappa shape index (κ2) is 14.9. The number of nitrogens with one attached hydrogen (secondary N) is 5. The molecule has 1 rings (SSSR count). The van der Waals surface area contributed by atoms with Crippen LogP contribution in [0, 0.1) is 17.8 Å². The summed E-state index contributed by atoms with van der Waals surface area (Å²) in [6, 6.07) is -4.35. The molecule has 0 aliphatic carbocycles. The lowest BCUT2D eigenvalue weighted by Gasteiger charge is -2.28. The normalized spacial score (nSPS) is 23.1. The highest BCUT2D eigenvalue weighted by Crippen LogP contribution is 2.10. The summed E-state index contributed by atoms with van der Waals surface area (Å²) in [6.45, 7) is 11.1. The number of hydrogen-bond donors (Lipinski definition) is 6. The van der Waals surface area contributed by atoms with E-state index in [-0.39, 0.29) is 23.7 Å². The Morgan fingerprint density at radius 2 is 1.69 bits per heavy atom. The molecule has 0 bridgehead atoms. The van der Waals surface area contributed by atoms with E-state index in [1.165, 1.54) is 6.08 Å². The maximum absolute atomic E-state index is 13.2. The van der Waals surface area contributed by atoms with Crippen molar-refractivity contribution in [2.45, 2.75) is 78.6 Å². The second-order valence-electron chi connectivity index (χ2n) is 9.67. The molecule has 0 aromatic carbocycles. The van der Waals surface area contributed by atoms with E-state index in [4.69, 9.17) is 0 Å². The molecule has 5 amide bonds. The first kappa shape index (κ1) is 30.7. The van der Waals surface area contributed by atoms with E-state index >= 15 is 0 Å². The molecule has 0 fully saturated rings. The molecule has 0 radical (unpaired) electrons. The molecule has 0 spiro atoms. The van der Waals surface area contributed by atoms with Crippen LogP contribution in [0.4, 0.5) is 4.79 Å². The summed E-state index contributed by atoms with van der Waals surface area (Å²) >= 11 is 0. The van der Waals surface area contributed by atoms with Gasteiger partial charge in [-0.1, -0.05) is 66.2 Å². The van der Waals surface area contributed by atoms with Crippen molar-refractivity contribution in [3.8, 4) is 0 Å². The van der Waals surface area contributed by atoms with Crippen LogP contribution in [0.3, 0.4) is 0 Å². The Kier molecular flexibility index (Phi) is 12.7. The summed E-state index contributed by atoms with van der Waals surface area (Å²) in [7, 11) is 0. The topological polar surface area (TPSA) is 166 Å². The number of urea groups is 1. The fourth-order valence-corrected chi connectivity index (χ4v) is 3.44. The minimum absolute atomic E-state index is 0.0114. The highest BCUT2D eigenvalue weighted by molar-refractivity contribution is 5.94. The molecule has 0 saturated carbocycles. The van der Waals surface area contributed by atoms with E-state index < -0.39 is 48.0 Å². The first-order valence-corrected chi connectivity index (χ1v) is 12.4. The smallest absolute Gasteiger partial charge is 0.326 e. The van der Waals surface area contributed by atoms with Crippen LogP contribution in [-0.4, -0.2) is 65.5 Å². The predicted octanol–water partition coefficient (Wildman–Crippen LogP) is 1.07. The van der Waals surface area contributed by atoms with Crippen molar-refractivity contribution in [2.75, 3.05) is 6.54 Å². The van der Waals surface area contributed by atoms with Crippen molar-refractivity contribution in [1.29, 1.82) is 0 Å². The first-order valence-electron chi connectivity index (χ1n) is 12.4. The van der Waals surface area contributed by atoms with Gasteiger partial charge in [0.1, 0.15) is 18.1 Å². The molecule has 11 heteroatoms. The number of carboxylic acid groups (broad SMARTS) is 1. The number of aliphatic carboxylic acids is 1. The maximum Gasteiger partial charge on any atom is 0.326 e. The number of rotatable bonds is 9. The molecule has 1 aliphatic rings. The van der Waals surface area contributed by atoms with Crippen LogP contribution in [0.5, 0.6) is 0 Å². The van der Waals surface area contributed by atoms with Gasteiger partial charge in [0.05, 0.1) is 0 Å². The van der Waals surface area contributed by atoms with Gasteiger partial charge in [0.15, 0.2) is 0 Å². The Morgan fingerprint density at radius 1 is 1.06 bits per heavy atom. The number of amides is 5. The lowest BCUT2D eigenvalue weighted by atomic mass is 9.97. The standard InChI is InChI=1S/C25H41N5O6/c1-7-16(6)21(30-25(36)29-20(15(4)5)24(34)35)23(33)28-18-10-8-9-13-26-19(31)12-11-17(14(2)3)27-22(18)32/h8,10-12,14-18,20-21H,7,9,13H2,1-6H3,(H,26,31)(H,27,32)(H,28,33)(H,34,35)(H2,29,30,36)/b10-8-,12-11-. The molecule has 1 aliphatic heterocycles. The van der Waals surface area contributed by atoms with Gasteiger partial charge < -0.3 is 31.7 Å². The fraction of sp³-hybridized carbons (Fsp3) is 0.640. The predicted molar refractivity (Wildman–Crippen MR) is 136 cm³/mol. The van der Waals surface area contributed by atoms with Crippen LogP contribution in [0.2, 0.25) is 0 Å². The molecule has 1 heterocycles. The Balaban J connectivity index is 3.08. The van der Waals surface area contributed by atoms with Gasteiger partial charge >= 0.3 is 12.0 Å². The molecular weight excluding hydrogens is 466 g/mol. The fourth-order valence-electron chi connectivity index (χ4n) is 3.44. The molecule has 0 saturated heterocycles. The average Bonchev–Trinajstić information content (AvgIpc) is 2.80. The van der Waals surface area contributed by atoms with Crippen molar-refractivity contribution in [1.82, 2.24) is 26.6 Å². The molecular formula is C25H41N5O6. The molecule has 202 valence electrons. The van der Waals surface area contributed by atoms with Gasteiger partial charge in [0, 0.05) is 18.7 Å². The minimum atomic E-state index is -1.18. The quantitative estimate of drug-likeness (QED) is 0.255. The number of carboxylic acids is 1. The highest BCUT2D eigenvalue weighted by Gasteiger charge is 2.31. The lowest BCUT2D eigenvalue weighted by Crippen LogP contribution is -2.59. The Bertz CT molecular complexity index is 854.